The van der Waals surface area contributed by atoms with Crippen LogP contribution in [0.1, 0.15) is 61.1 Å². The van der Waals surface area contributed by atoms with Crippen molar-refractivity contribution in [3.63, 3.8) is 0 Å². The molecule has 2 N–H and O–H groups in total. The smallest absolute Gasteiger partial charge is 0.327 e. The first-order valence-corrected chi connectivity index (χ1v) is 20.9. The zero-order chi connectivity index (χ0) is 43.3. The number of halogens is 2. The van der Waals surface area contributed by atoms with Crippen LogP contribution in [-0.2, 0) is 9.47 Å². The average Bonchev–Trinajstić information content (AvgIpc) is 4.11. The SMILES string of the molecule is O=c1[nH]c2cnc(-n3cnc4ccc(F)cc43)nc2n1C1CCO[C@@H](c2ccccc2)C1.O=c1[nH]c2cnc(-n3cnc4ccc(F)cc43)nc2n1C1CCO[C@H](c2ccccc2)C1. The normalized spacial score (nSPS) is 19.0. The zero-order valence-electron chi connectivity index (χ0n) is 34.0. The topological polar surface area (TPSA) is 181 Å². The predicted molar refractivity (Wildman–Crippen MR) is 232 cm³/mol. The maximum absolute atomic E-state index is 13.8. The summed E-state index contributed by atoms with van der Waals surface area (Å²) in [7, 11) is 0. The van der Waals surface area contributed by atoms with Gasteiger partial charge in [0.15, 0.2) is 11.3 Å². The lowest BCUT2D eigenvalue weighted by molar-refractivity contribution is -0.00705. The van der Waals surface area contributed by atoms with Gasteiger partial charge in [0.1, 0.15) is 35.3 Å². The Kier molecular flexibility index (Phi) is 9.92. The Morgan fingerprint density at radius 1 is 0.562 bits per heavy atom. The summed E-state index contributed by atoms with van der Waals surface area (Å²) in [5.41, 5.74) is 6.24. The van der Waals surface area contributed by atoms with Crippen molar-refractivity contribution in [1.82, 2.24) is 58.1 Å². The minimum atomic E-state index is -0.368. The van der Waals surface area contributed by atoms with Crippen LogP contribution in [0, 0.1) is 11.6 Å². The van der Waals surface area contributed by atoms with Gasteiger partial charge in [0.05, 0.1) is 46.7 Å². The molecule has 0 saturated carbocycles. The zero-order valence-corrected chi connectivity index (χ0v) is 34.0. The van der Waals surface area contributed by atoms with Gasteiger partial charge in [-0.05, 0) is 61.1 Å². The number of H-pyrrole nitrogens is 2. The van der Waals surface area contributed by atoms with Crippen LogP contribution < -0.4 is 11.4 Å². The number of hydrogen-bond donors (Lipinski definition) is 2. The number of fused-ring (bicyclic) bond motifs is 4. The van der Waals surface area contributed by atoms with E-state index in [-0.39, 0.29) is 47.3 Å². The van der Waals surface area contributed by atoms with Gasteiger partial charge in [0, 0.05) is 37.4 Å². The number of imidazole rings is 4. The summed E-state index contributed by atoms with van der Waals surface area (Å²) < 4.78 is 46.2. The lowest BCUT2D eigenvalue weighted by Crippen LogP contribution is -2.29. The van der Waals surface area contributed by atoms with E-state index in [4.69, 9.17) is 9.47 Å². The summed E-state index contributed by atoms with van der Waals surface area (Å²) in [4.78, 5) is 58.1. The predicted octanol–water partition coefficient (Wildman–Crippen LogP) is 7.38. The summed E-state index contributed by atoms with van der Waals surface area (Å²) in [6, 6.07) is 28.6. The minimum Gasteiger partial charge on any atom is -0.373 e. The van der Waals surface area contributed by atoms with E-state index in [9.17, 15) is 18.4 Å². The van der Waals surface area contributed by atoms with Crippen molar-refractivity contribution >= 4 is 44.4 Å². The van der Waals surface area contributed by atoms with Gasteiger partial charge in [0.25, 0.3) is 0 Å². The Labute approximate surface area is 360 Å². The second-order valence-electron chi connectivity index (χ2n) is 15.8. The number of benzene rings is 4. The van der Waals surface area contributed by atoms with Crippen molar-refractivity contribution in [1.29, 1.82) is 0 Å². The number of nitrogens with zero attached hydrogens (tertiary/aromatic N) is 10. The number of ether oxygens (including phenoxy) is 2. The summed E-state index contributed by atoms with van der Waals surface area (Å²) >= 11 is 0. The van der Waals surface area contributed by atoms with Gasteiger partial charge in [0.2, 0.25) is 11.9 Å². The van der Waals surface area contributed by atoms with Crippen molar-refractivity contribution in [2.45, 2.75) is 50.0 Å². The van der Waals surface area contributed by atoms with E-state index in [0.717, 1.165) is 11.1 Å². The highest BCUT2D eigenvalue weighted by Crippen LogP contribution is 2.36. The number of rotatable bonds is 6. The van der Waals surface area contributed by atoms with Crippen molar-refractivity contribution in [3.8, 4) is 11.9 Å². The average molecular weight is 861 g/mol. The fraction of sp³-hybridized carbons (Fsp3) is 0.217. The monoisotopic (exact) mass is 860 g/mol. The molecule has 4 aromatic carbocycles. The first-order chi connectivity index (χ1) is 31.3. The van der Waals surface area contributed by atoms with E-state index in [1.807, 2.05) is 60.7 Å². The fourth-order valence-electron chi connectivity index (χ4n) is 8.83. The van der Waals surface area contributed by atoms with Crippen LogP contribution in [0.25, 0.3) is 56.3 Å². The first kappa shape index (κ1) is 39.2. The van der Waals surface area contributed by atoms with E-state index in [2.05, 4.69) is 39.9 Å². The maximum Gasteiger partial charge on any atom is 0.327 e. The number of hydrogen-bond acceptors (Lipinski definition) is 10. The third-order valence-electron chi connectivity index (χ3n) is 11.9. The largest absolute Gasteiger partial charge is 0.373 e. The van der Waals surface area contributed by atoms with Gasteiger partial charge >= 0.3 is 11.4 Å². The molecule has 2 aliphatic heterocycles. The minimum absolute atomic E-state index is 0.0741. The molecule has 0 radical (unpaired) electrons. The lowest BCUT2D eigenvalue weighted by atomic mass is 9.97. The molecular weight excluding hydrogens is 823 g/mol. The number of aromatic nitrogens is 12. The third kappa shape index (κ3) is 7.21. The van der Waals surface area contributed by atoms with E-state index < -0.39 is 0 Å². The number of nitrogens with one attached hydrogen (secondary N) is 2. The quantitative estimate of drug-likeness (QED) is 0.171. The van der Waals surface area contributed by atoms with E-state index in [0.29, 0.717) is 95.2 Å². The molecule has 10 aromatic rings. The summed E-state index contributed by atoms with van der Waals surface area (Å²) in [5, 5.41) is 0. The Hall–Kier alpha value is -7.70. The van der Waals surface area contributed by atoms with Crippen LogP contribution in [0.5, 0.6) is 0 Å². The van der Waals surface area contributed by atoms with Crippen LogP contribution in [-0.4, -0.2) is 71.4 Å². The maximum atomic E-state index is 13.8. The molecule has 18 heteroatoms. The standard InChI is InChI=1S/2C23H19FN6O2/c2*24-15-6-7-17-19(10-15)29(13-26-17)22-25-12-18-21(28-22)30(23(31)27-18)16-8-9-32-20(11-16)14-4-2-1-3-5-14/h2*1-7,10,12-13,16,20H,8-9,11H2,(H,27,31)/t2*16?,20-/m10/s1. The van der Waals surface area contributed by atoms with Crippen molar-refractivity contribution < 1.29 is 18.3 Å². The molecule has 2 fully saturated rings. The van der Waals surface area contributed by atoms with Crippen LogP contribution in [0.2, 0.25) is 0 Å². The molecule has 0 bridgehead atoms. The molecule has 4 atom stereocenters. The molecule has 2 aliphatic rings. The van der Waals surface area contributed by atoms with Gasteiger partial charge in [-0.3, -0.25) is 18.3 Å². The van der Waals surface area contributed by atoms with Crippen LogP contribution in [0.4, 0.5) is 8.78 Å². The Morgan fingerprint density at radius 3 is 1.44 bits per heavy atom. The number of aromatic amines is 2. The summed E-state index contributed by atoms with van der Waals surface area (Å²) in [6.07, 6.45) is 8.82. The molecule has 64 heavy (non-hydrogen) atoms. The van der Waals surface area contributed by atoms with Crippen LogP contribution >= 0.6 is 0 Å². The molecule has 0 aliphatic carbocycles. The second-order valence-corrected chi connectivity index (χ2v) is 15.8. The van der Waals surface area contributed by atoms with Gasteiger partial charge in [-0.25, -0.2) is 38.3 Å². The van der Waals surface area contributed by atoms with E-state index in [1.165, 1.54) is 24.3 Å². The van der Waals surface area contributed by atoms with Gasteiger partial charge < -0.3 is 19.4 Å². The molecule has 0 amide bonds. The van der Waals surface area contributed by atoms with E-state index in [1.54, 1.807) is 55.4 Å². The summed E-state index contributed by atoms with van der Waals surface area (Å²) in [6.45, 7) is 1.10. The molecule has 2 saturated heterocycles. The lowest BCUT2D eigenvalue weighted by Gasteiger charge is -2.30. The van der Waals surface area contributed by atoms with Crippen molar-refractivity contribution in [2.75, 3.05) is 13.2 Å². The molecule has 2 unspecified atom stereocenters. The molecule has 12 rings (SSSR count). The molecule has 0 spiro atoms. The molecule has 8 heterocycles. The highest BCUT2D eigenvalue weighted by Gasteiger charge is 2.30. The fourth-order valence-corrected chi connectivity index (χ4v) is 8.83. The highest BCUT2D eigenvalue weighted by molar-refractivity contribution is 5.78. The Morgan fingerprint density at radius 2 is 1.00 bits per heavy atom. The van der Waals surface area contributed by atoms with E-state index >= 15 is 0 Å². The molecule has 320 valence electrons. The highest BCUT2D eigenvalue weighted by atomic mass is 19.1. The summed E-state index contributed by atoms with van der Waals surface area (Å²) in [5.74, 6) is -0.0869. The van der Waals surface area contributed by atoms with Crippen molar-refractivity contribution in [2.24, 2.45) is 0 Å². The second kappa shape index (κ2) is 16.2. The van der Waals surface area contributed by atoms with Crippen LogP contribution in [0.15, 0.2) is 132 Å². The van der Waals surface area contributed by atoms with Gasteiger partial charge in [-0.2, -0.15) is 9.97 Å². The van der Waals surface area contributed by atoms with Gasteiger partial charge in [-0.15, -0.1) is 0 Å². The van der Waals surface area contributed by atoms with Gasteiger partial charge in [-0.1, -0.05) is 60.7 Å². The Balaban J connectivity index is 0.000000143. The molecule has 6 aromatic heterocycles. The first-order valence-electron chi connectivity index (χ1n) is 20.9. The van der Waals surface area contributed by atoms with Crippen molar-refractivity contribution in [3.05, 3.63) is 166 Å². The van der Waals surface area contributed by atoms with Crippen LogP contribution in [0.3, 0.4) is 0 Å². The molecular formula is C46H38F2N12O4. The Bertz CT molecular complexity index is 3210. The molecule has 16 nitrogen and oxygen atoms in total. The third-order valence-corrected chi connectivity index (χ3v) is 11.9.